The summed E-state index contributed by atoms with van der Waals surface area (Å²) >= 11 is 0. The van der Waals surface area contributed by atoms with Gasteiger partial charge < -0.3 is 10.1 Å². The summed E-state index contributed by atoms with van der Waals surface area (Å²) in [6.07, 6.45) is 0.607. The number of hydrogen-bond donors (Lipinski definition) is 2. The van der Waals surface area contributed by atoms with Crippen molar-refractivity contribution in [2.45, 2.75) is 17.7 Å². The zero-order chi connectivity index (χ0) is 21.3. The van der Waals surface area contributed by atoms with Crippen molar-refractivity contribution in [2.24, 2.45) is 16.1 Å². The van der Waals surface area contributed by atoms with Crippen molar-refractivity contribution in [3.8, 4) is 5.88 Å². The number of halogens is 1. The molecule has 0 radical (unpaired) electrons. The number of fused-ring (bicyclic) bond motifs is 1. The van der Waals surface area contributed by atoms with Gasteiger partial charge in [-0.3, -0.25) is 4.79 Å². The molecule has 0 spiro atoms. The van der Waals surface area contributed by atoms with Gasteiger partial charge in [-0.15, -0.1) is 10.2 Å². The van der Waals surface area contributed by atoms with Gasteiger partial charge in [0.05, 0.1) is 10.4 Å². The molecule has 2 aromatic carbocycles. The van der Waals surface area contributed by atoms with Crippen LogP contribution in [0.25, 0.3) is 10.9 Å². The lowest BCUT2D eigenvalue weighted by molar-refractivity contribution is -0.123. The second kappa shape index (κ2) is 7.96. The van der Waals surface area contributed by atoms with Crippen LogP contribution in [0.1, 0.15) is 12.8 Å². The van der Waals surface area contributed by atoms with Crippen molar-refractivity contribution in [3.63, 3.8) is 0 Å². The van der Waals surface area contributed by atoms with E-state index in [-0.39, 0.29) is 29.6 Å². The maximum absolute atomic E-state index is 13.1. The first kappa shape index (κ1) is 20.2. The lowest BCUT2D eigenvalue weighted by atomic mass is 9.98. The average Bonchev–Trinajstić information content (AvgIpc) is 3.07. The third-order valence-corrected chi connectivity index (χ3v) is 7.08. The number of azo groups is 1. The zero-order valence-electron chi connectivity index (χ0n) is 15.8. The largest absolute Gasteiger partial charge is 0.493 e. The summed E-state index contributed by atoms with van der Waals surface area (Å²) in [4.78, 5) is 15.2. The number of nitrogens with zero attached hydrogens (tertiary/aromatic N) is 3. The number of carbonyl (C=O) groups excluding carboxylic acids is 1. The molecule has 4 rings (SSSR count). The molecular weight excluding hydrogens is 411 g/mol. The van der Waals surface area contributed by atoms with E-state index in [2.05, 4.69) is 15.2 Å². The SMILES string of the molecule is O=C(N=Nc1c(O)[nH]c2ccccc12)C1CCN(S(=O)(=O)c2ccc(F)cc2)CC1. The highest BCUT2D eigenvalue weighted by Gasteiger charge is 2.32. The first-order chi connectivity index (χ1) is 14.4. The molecule has 10 heteroatoms. The van der Waals surface area contributed by atoms with Crippen LogP contribution in [0.3, 0.4) is 0 Å². The highest BCUT2D eigenvalue weighted by atomic mass is 32.2. The molecule has 0 atom stereocenters. The molecule has 1 fully saturated rings. The molecule has 0 aliphatic carbocycles. The fourth-order valence-electron chi connectivity index (χ4n) is 3.49. The van der Waals surface area contributed by atoms with Crippen LogP contribution in [0.2, 0.25) is 0 Å². The Balaban J connectivity index is 1.42. The molecule has 1 saturated heterocycles. The summed E-state index contributed by atoms with van der Waals surface area (Å²) in [6.45, 7) is 0.313. The Hall–Kier alpha value is -3.11. The van der Waals surface area contributed by atoms with Gasteiger partial charge in [-0.25, -0.2) is 12.8 Å². The fourth-order valence-corrected chi connectivity index (χ4v) is 4.96. The number of H-pyrrole nitrogens is 1. The molecule has 0 bridgehead atoms. The Labute approximate surface area is 172 Å². The minimum Gasteiger partial charge on any atom is -0.493 e. The second-order valence-electron chi connectivity index (χ2n) is 7.04. The second-order valence-corrected chi connectivity index (χ2v) is 8.98. The summed E-state index contributed by atoms with van der Waals surface area (Å²) in [5.41, 5.74) is 0.867. The number of amides is 1. The van der Waals surface area contributed by atoms with Gasteiger partial charge in [-0.1, -0.05) is 18.2 Å². The van der Waals surface area contributed by atoms with E-state index in [9.17, 15) is 22.7 Å². The molecule has 1 amide bonds. The predicted molar refractivity (Wildman–Crippen MR) is 107 cm³/mol. The number of benzene rings is 2. The van der Waals surface area contributed by atoms with Crippen LogP contribution in [0, 0.1) is 11.7 Å². The minimum atomic E-state index is -3.74. The highest BCUT2D eigenvalue weighted by Crippen LogP contribution is 2.35. The van der Waals surface area contributed by atoms with Crippen LogP contribution in [0.4, 0.5) is 10.1 Å². The number of nitrogens with one attached hydrogen (secondary N) is 1. The van der Waals surface area contributed by atoms with Gasteiger partial charge in [0.1, 0.15) is 5.82 Å². The monoisotopic (exact) mass is 430 g/mol. The summed E-state index contributed by atoms with van der Waals surface area (Å²) in [7, 11) is -3.74. The quantitative estimate of drug-likeness (QED) is 0.614. The number of aromatic amines is 1. The number of aromatic nitrogens is 1. The molecule has 3 aromatic rings. The van der Waals surface area contributed by atoms with E-state index in [0.717, 1.165) is 12.1 Å². The Morgan fingerprint density at radius 2 is 1.77 bits per heavy atom. The van der Waals surface area contributed by atoms with Crippen LogP contribution in [0.5, 0.6) is 5.88 Å². The number of piperidine rings is 1. The molecular formula is C20H19FN4O4S. The van der Waals surface area contributed by atoms with Crippen molar-refractivity contribution >= 4 is 32.5 Å². The van der Waals surface area contributed by atoms with E-state index in [1.54, 1.807) is 24.3 Å². The summed E-state index contributed by atoms with van der Waals surface area (Å²) in [5, 5.41) is 18.3. The van der Waals surface area contributed by atoms with Gasteiger partial charge in [0.25, 0.3) is 5.91 Å². The molecule has 156 valence electrons. The third-order valence-electron chi connectivity index (χ3n) is 5.16. The van der Waals surface area contributed by atoms with Crippen molar-refractivity contribution in [3.05, 3.63) is 54.3 Å². The molecule has 2 N–H and O–H groups in total. The Morgan fingerprint density at radius 3 is 2.47 bits per heavy atom. The molecule has 0 saturated carbocycles. The number of carbonyl (C=O) groups is 1. The zero-order valence-corrected chi connectivity index (χ0v) is 16.6. The first-order valence-electron chi connectivity index (χ1n) is 9.37. The first-order valence-corrected chi connectivity index (χ1v) is 10.8. The van der Waals surface area contributed by atoms with E-state index < -0.39 is 27.7 Å². The van der Waals surface area contributed by atoms with Gasteiger partial charge in [-0.2, -0.15) is 4.31 Å². The van der Waals surface area contributed by atoms with Gasteiger partial charge in [0.15, 0.2) is 5.69 Å². The van der Waals surface area contributed by atoms with E-state index >= 15 is 0 Å². The van der Waals surface area contributed by atoms with Crippen LogP contribution in [-0.4, -0.2) is 41.8 Å². The normalized spacial score (nSPS) is 16.4. The van der Waals surface area contributed by atoms with Crippen LogP contribution >= 0.6 is 0 Å². The van der Waals surface area contributed by atoms with Crippen molar-refractivity contribution in [1.29, 1.82) is 0 Å². The molecule has 1 aliphatic rings. The van der Waals surface area contributed by atoms with Gasteiger partial charge in [-0.05, 0) is 43.2 Å². The maximum atomic E-state index is 13.1. The number of rotatable bonds is 4. The molecule has 1 aliphatic heterocycles. The van der Waals surface area contributed by atoms with Crippen LogP contribution in [-0.2, 0) is 14.8 Å². The van der Waals surface area contributed by atoms with Crippen molar-refractivity contribution < 1.29 is 22.7 Å². The van der Waals surface area contributed by atoms with Gasteiger partial charge in [0, 0.05) is 24.4 Å². The standard InChI is InChI=1S/C20H19FN4O4S/c21-14-5-7-15(8-6-14)30(28,29)25-11-9-13(10-12-25)19(26)24-23-18-16-3-1-2-4-17(16)22-20(18)27/h1-8,13,22,27H,9-12H2. The molecule has 1 aromatic heterocycles. The van der Waals surface area contributed by atoms with Crippen LogP contribution < -0.4 is 0 Å². The van der Waals surface area contributed by atoms with E-state index in [4.69, 9.17) is 0 Å². The van der Waals surface area contributed by atoms with Crippen molar-refractivity contribution in [1.82, 2.24) is 9.29 Å². The number of para-hydroxylation sites is 1. The van der Waals surface area contributed by atoms with E-state index in [0.29, 0.717) is 23.7 Å². The number of aromatic hydroxyl groups is 1. The average molecular weight is 430 g/mol. The topological polar surface area (TPSA) is 115 Å². The van der Waals surface area contributed by atoms with Gasteiger partial charge in [0.2, 0.25) is 15.9 Å². The molecule has 8 nitrogen and oxygen atoms in total. The summed E-state index contributed by atoms with van der Waals surface area (Å²) in [6, 6.07) is 11.8. The number of hydrogen-bond acceptors (Lipinski definition) is 5. The highest BCUT2D eigenvalue weighted by molar-refractivity contribution is 7.89. The van der Waals surface area contributed by atoms with Gasteiger partial charge >= 0.3 is 0 Å². The molecule has 2 heterocycles. The Kier molecular flexibility index (Phi) is 5.35. The fraction of sp³-hybridized carbons (Fsp3) is 0.250. The lowest BCUT2D eigenvalue weighted by Gasteiger charge is -2.29. The Morgan fingerprint density at radius 1 is 1.10 bits per heavy atom. The maximum Gasteiger partial charge on any atom is 0.267 e. The molecule has 0 unspecified atom stereocenters. The van der Waals surface area contributed by atoms with E-state index in [1.807, 2.05) is 0 Å². The number of sulfonamides is 1. The predicted octanol–water partition coefficient (Wildman–Crippen LogP) is 3.72. The van der Waals surface area contributed by atoms with Crippen molar-refractivity contribution in [2.75, 3.05) is 13.1 Å². The smallest absolute Gasteiger partial charge is 0.267 e. The Bertz CT molecular complexity index is 1210. The van der Waals surface area contributed by atoms with E-state index in [1.165, 1.54) is 16.4 Å². The van der Waals surface area contributed by atoms with Crippen LogP contribution in [0.15, 0.2) is 63.7 Å². The lowest BCUT2D eigenvalue weighted by Crippen LogP contribution is -2.39. The summed E-state index contributed by atoms with van der Waals surface area (Å²) < 4.78 is 39.7. The summed E-state index contributed by atoms with van der Waals surface area (Å²) in [5.74, 6) is -1.60. The minimum absolute atomic E-state index is 0.0168. The third kappa shape index (κ3) is 3.83. The molecule has 30 heavy (non-hydrogen) atoms.